The van der Waals surface area contributed by atoms with Crippen molar-refractivity contribution in [3.63, 3.8) is 0 Å². The van der Waals surface area contributed by atoms with Crippen LogP contribution in [0, 0.1) is 0 Å². The summed E-state index contributed by atoms with van der Waals surface area (Å²) in [5.74, 6) is 1.06. The summed E-state index contributed by atoms with van der Waals surface area (Å²) < 4.78 is 0. The van der Waals surface area contributed by atoms with Crippen molar-refractivity contribution in [2.45, 2.75) is 37.1 Å². The first-order valence-electron chi connectivity index (χ1n) is 6.20. The molecule has 1 nitrogen and oxygen atoms in total. The standard InChI is InChI=1S/C15H19NS2/c1-12(2)16-9-13-4-3-5-15(8-13)18-11-14-6-7-17-10-14/h3-8,10,12,16H,9,11H2,1-2H3. The van der Waals surface area contributed by atoms with Crippen molar-refractivity contribution in [3.05, 3.63) is 52.2 Å². The molecule has 0 aliphatic heterocycles. The Morgan fingerprint density at radius 1 is 1.22 bits per heavy atom. The molecule has 0 bridgehead atoms. The molecule has 0 spiro atoms. The van der Waals surface area contributed by atoms with Crippen molar-refractivity contribution in [1.29, 1.82) is 0 Å². The Bertz CT molecular complexity index is 463. The quantitative estimate of drug-likeness (QED) is 0.778. The van der Waals surface area contributed by atoms with E-state index in [1.54, 1.807) is 11.3 Å². The van der Waals surface area contributed by atoms with Gasteiger partial charge in [0.2, 0.25) is 0 Å². The van der Waals surface area contributed by atoms with E-state index in [-0.39, 0.29) is 0 Å². The molecule has 0 fully saturated rings. The third-order valence-corrected chi connectivity index (χ3v) is 4.40. The van der Waals surface area contributed by atoms with Crippen molar-refractivity contribution in [2.75, 3.05) is 0 Å². The van der Waals surface area contributed by atoms with Crippen LogP contribution in [0.3, 0.4) is 0 Å². The lowest BCUT2D eigenvalue weighted by Gasteiger charge is -2.09. The van der Waals surface area contributed by atoms with Gasteiger partial charge < -0.3 is 5.32 Å². The Kier molecular flexibility index (Phi) is 5.29. The molecule has 18 heavy (non-hydrogen) atoms. The molecule has 0 saturated heterocycles. The minimum absolute atomic E-state index is 0.534. The SMILES string of the molecule is CC(C)NCc1cccc(SCc2ccsc2)c1. The Morgan fingerprint density at radius 3 is 2.83 bits per heavy atom. The van der Waals surface area contributed by atoms with Gasteiger partial charge in [-0.1, -0.05) is 26.0 Å². The molecule has 2 aromatic rings. The van der Waals surface area contributed by atoms with Crippen LogP contribution in [0.25, 0.3) is 0 Å². The van der Waals surface area contributed by atoms with Gasteiger partial charge in [-0.3, -0.25) is 0 Å². The lowest BCUT2D eigenvalue weighted by atomic mass is 10.2. The summed E-state index contributed by atoms with van der Waals surface area (Å²) >= 11 is 3.67. The maximum atomic E-state index is 3.45. The van der Waals surface area contributed by atoms with E-state index in [2.05, 4.69) is 60.3 Å². The molecule has 0 aliphatic carbocycles. The molecule has 0 amide bonds. The number of thiophene rings is 1. The molecule has 1 aromatic carbocycles. The molecule has 0 unspecified atom stereocenters. The summed E-state index contributed by atoms with van der Waals surface area (Å²) in [7, 11) is 0. The first kappa shape index (κ1) is 13.7. The lowest BCUT2D eigenvalue weighted by Crippen LogP contribution is -2.21. The zero-order valence-electron chi connectivity index (χ0n) is 10.8. The minimum atomic E-state index is 0.534. The maximum absolute atomic E-state index is 3.45. The van der Waals surface area contributed by atoms with Gasteiger partial charge in [0.15, 0.2) is 0 Å². The van der Waals surface area contributed by atoms with E-state index in [9.17, 15) is 0 Å². The van der Waals surface area contributed by atoms with E-state index < -0.39 is 0 Å². The fourth-order valence-electron chi connectivity index (χ4n) is 1.61. The van der Waals surface area contributed by atoms with Crippen LogP contribution in [0.15, 0.2) is 46.0 Å². The third kappa shape index (κ3) is 4.48. The highest BCUT2D eigenvalue weighted by Gasteiger charge is 2.00. The molecule has 96 valence electrons. The van der Waals surface area contributed by atoms with Crippen LogP contribution in [0.2, 0.25) is 0 Å². The highest BCUT2D eigenvalue weighted by atomic mass is 32.2. The molecule has 1 aromatic heterocycles. The molecule has 0 atom stereocenters. The Morgan fingerprint density at radius 2 is 2.11 bits per heavy atom. The highest BCUT2D eigenvalue weighted by Crippen LogP contribution is 2.24. The monoisotopic (exact) mass is 277 g/mol. The minimum Gasteiger partial charge on any atom is -0.310 e. The fraction of sp³-hybridized carbons (Fsp3) is 0.333. The highest BCUT2D eigenvalue weighted by molar-refractivity contribution is 7.98. The van der Waals surface area contributed by atoms with Crippen LogP contribution < -0.4 is 5.32 Å². The summed E-state index contributed by atoms with van der Waals surface area (Å²) in [5, 5.41) is 7.81. The van der Waals surface area contributed by atoms with Gasteiger partial charge in [0.05, 0.1) is 0 Å². The van der Waals surface area contributed by atoms with E-state index in [1.165, 1.54) is 16.0 Å². The van der Waals surface area contributed by atoms with E-state index in [4.69, 9.17) is 0 Å². The lowest BCUT2D eigenvalue weighted by molar-refractivity contribution is 0.588. The summed E-state index contributed by atoms with van der Waals surface area (Å²) in [6.45, 7) is 5.30. The Hall–Kier alpha value is -0.770. The van der Waals surface area contributed by atoms with Crippen LogP contribution >= 0.6 is 23.1 Å². The summed E-state index contributed by atoms with van der Waals surface area (Å²) in [6, 6.07) is 11.5. The largest absolute Gasteiger partial charge is 0.310 e. The van der Waals surface area contributed by atoms with E-state index in [0.29, 0.717) is 6.04 Å². The predicted octanol–water partition coefficient (Wildman–Crippen LogP) is 4.54. The number of nitrogens with one attached hydrogen (secondary N) is 1. The average molecular weight is 277 g/mol. The molecular formula is C15H19NS2. The molecular weight excluding hydrogens is 258 g/mol. The van der Waals surface area contributed by atoms with Crippen molar-refractivity contribution in [1.82, 2.24) is 5.32 Å². The third-order valence-electron chi connectivity index (χ3n) is 2.60. The molecule has 3 heteroatoms. The molecule has 0 radical (unpaired) electrons. The molecule has 1 N–H and O–H groups in total. The number of rotatable bonds is 6. The topological polar surface area (TPSA) is 12.0 Å². The predicted molar refractivity (Wildman–Crippen MR) is 82.3 cm³/mol. The summed E-state index contributed by atoms with van der Waals surface area (Å²) in [5.41, 5.74) is 2.77. The zero-order chi connectivity index (χ0) is 12.8. The first-order valence-corrected chi connectivity index (χ1v) is 8.13. The van der Waals surface area contributed by atoms with Crippen molar-refractivity contribution >= 4 is 23.1 Å². The number of benzene rings is 1. The van der Waals surface area contributed by atoms with Crippen LogP contribution in [0.1, 0.15) is 25.0 Å². The van der Waals surface area contributed by atoms with Crippen molar-refractivity contribution in [2.24, 2.45) is 0 Å². The van der Waals surface area contributed by atoms with Crippen molar-refractivity contribution in [3.8, 4) is 0 Å². The van der Waals surface area contributed by atoms with E-state index >= 15 is 0 Å². The normalized spacial score (nSPS) is 11.1. The van der Waals surface area contributed by atoms with Gasteiger partial charge >= 0.3 is 0 Å². The fourth-order valence-corrected chi connectivity index (χ4v) is 3.31. The van der Waals surface area contributed by atoms with Crippen LogP contribution in [0.5, 0.6) is 0 Å². The smallest absolute Gasteiger partial charge is 0.0240 e. The van der Waals surface area contributed by atoms with Crippen LogP contribution in [0.4, 0.5) is 0 Å². The number of hydrogen-bond acceptors (Lipinski definition) is 3. The van der Waals surface area contributed by atoms with Gasteiger partial charge in [0, 0.05) is 23.2 Å². The maximum Gasteiger partial charge on any atom is 0.0240 e. The van der Waals surface area contributed by atoms with Gasteiger partial charge in [-0.15, -0.1) is 11.8 Å². The van der Waals surface area contributed by atoms with Gasteiger partial charge in [0.1, 0.15) is 0 Å². The Balaban J connectivity index is 1.90. The molecule has 0 saturated carbocycles. The zero-order valence-corrected chi connectivity index (χ0v) is 12.5. The average Bonchev–Trinajstić information content (AvgIpc) is 2.87. The van der Waals surface area contributed by atoms with E-state index in [0.717, 1.165) is 12.3 Å². The van der Waals surface area contributed by atoms with Crippen LogP contribution in [-0.2, 0) is 12.3 Å². The molecule has 2 rings (SSSR count). The Labute approximate surface area is 118 Å². The second kappa shape index (κ2) is 6.98. The first-order chi connectivity index (χ1) is 8.74. The van der Waals surface area contributed by atoms with Gasteiger partial charge in [-0.2, -0.15) is 11.3 Å². The molecule has 1 heterocycles. The van der Waals surface area contributed by atoms with Crippen LogP contribution in [-0.4, -0.2) is 6.04 Å². The second-order valence-corrected chi connectivity index (χ2v) is 6.43. The van der Waals surface area contributed by atoms with Crippen molar-refractivity contribution < 1.29 is 0 Å². The summed E-state index contributed by atoms with van der Waals surface area (Å²) in [6.07, 6.45) is 0. The second-order valence-electron chi connectivity index (χ2n) is 4.60. The van der Waals surface area contributed by atoms with E-state index in [1.807, 2.05) is 11.8 Å². The number of thioether (sulfide) groups is 1. The van der Waals surface area contributed by atoms with Gasteiger partial charge in [0.25, 0.3) is 0 Å². The van der Waals surface area contributed by atoms with Gasteiger partial charge in [-0.05, 0) is 40.1 Å². The molecule has 0 aliphatic rings. The van der Waals surface area contributed by atoms with Gasteiger partial charge in [-0.25, -0.2) is 0 Å². The summed E-state index contributed by atoms with van der Waals surface area (Å²) in [4.78, 5) is 1.35. The number of hydrogen-bond donors (Lipinski definition) is 1.